The second kappa shape index (κ2) is 10.8. The van der Waals surface area contributed by atoms with Crippen molar-refractivity contribution < 1.29 is 23.2 Å². The summed E-state index contributed by atoms with van der Waals surface area (Å²) in [5.41, 5.74) is 1.77. The van der Waals surface area contributed by atoms with Crippen molar-refractivity contribution in [2.75, 3.05) is 38.2 Å². The second-order valence-corrected chi connectivity index (χ2v) is 7.69. The highest BCUT2D eigenvalue weighted by Crippen LogP contribution is 2.23. The van der Waals surface area contributed by atoms with Gasteiger partial charge in [-0.05, 0) is 29.8 Å². The number of halogens is 1. The van der Waals surface area contributed by atoms with Crippen molar-refractivity contribution in [3.63, 3.8) is 0 Å². The van der Waals surface area contributed by atoms with Gasteiger partial charge in [-0.15, -0.1) is 0 Å². The summed E-state index contributed by atoms with van der Waals surface area (Å²) >= 11 is 0. The monoisotopic (exact) mass is 452 g/mol. The molecule has 8 nitrogen and oxygen atoms in total. The number of morpholine rings is 1. The first-order chi connectivity index (χ1) is 16.1. The third-order valence-corrected chi connectivity index (χ3v) is 5.30. The maximum atomic E-state index is 13.9. The summed E-state index contributed by atoms with van der Waals surface area (Å²) in [6, 6.07) is 14.8. The summed E-state index contributed by atoms with van der Waals surface area (Å²) in [4.78, 5) is 26.9. The average molecular weight is 452 g/mol. The Hall–Kier alpha value is -3.56. The molecule has 0 radical (unpaired) electrons. The van der Waals surface area contributed by atoms with Gasteiger partial charge in [-0.1, -0.05) is 29.4 Å². The molecular formula is C24H25FN4O4. The largest absolute Gasteiger partial charge is 0.379 e. The molecule has 0 atom stereocenters. The van der Waals surface area contributed by atoms with Gasteiger partial charge in [-0.25, -0.2) is 4.39 Å². The Labute approximate surface area is 190 Å². The van der Waals surface area contributed by atoms with Gasteiger partial charge >= 0.3 is 0 Å². The third-order valence-electron chi connectivity index (χ3n) is 5.30. The molecule has 172 valence electrons. The summed E-state index contributed by atoms with van der Waals surface area (Å²) in [6.07, 6.45) is 0.400. The van der Waals surface area contributed by atoms with Crippen LogP contribution < -0.4 is 10.6 Å². The molecule has 2 amide bonds. The maximum absolute atomic E-state index is 13.9. The van der Waals surface area contributed by atoms with Crippen LogP contribution in [0.15, 0.2) is 59.1 Å². The first-order valence-corrected chi connectivity index (χ1v) is 10.8. The van der Waals surface area contributed by atoms with E-state index < -0.39 is 11.7 Å². The lowest BCUT2D eigenvalue weighted by Crippen LogP contribution is -2.38. The zero-order chi connectivity index (χ0) is 23.0. The van der Waals surface area contributed by atoms with E-state index in [1.807, 2.05) is 12.1 Å². The second-order valence-electron chi connectivity index (χ2n) is 7.69. The van der Waals surface area contributed by atoms with E-state index in [-0.39, 0.29) is 29.5 Å². The van der Waals surface area contributed by atoms with Crippen molar-refractivity contribution in [2.45, 2.75) is 13.0 Å². The summed E-state index contributed by atoms with van der Waals surface area (Å²) in [6.45, 7) is 4.02. The first kappa shape index (κ1) is 22.6. The van der Waals surface area contributed by atoms with Crippen LogP contribution in [0.1, 0.15) is 22.5 Å². The van der Waals surface area contributed by atoms with Gasteiger partial charge in [-0.2, -0.15) is 0 Å². The van der Waals surface area contributed by atoms with Gasteiger partial charge in [0.2, 0.25) is 5.91 Å². The molecule has 0 saturated carbocycles. The summed E-state index contributed by atoms with van der Waals surface area (Å²) in [5.74, 6) is -0.781. The smallest absolute Gasteiger partial charge is 0.273 e. The predicted octanol–water partition coefficient (Wildman–Crippen LogP) is 3.07. The van der Waals surface area contributed by atoms with Crippen LogP contribution in [0.5, 0.6) is 0 Å². The van der Waals surface area contributed by atoms with Crippen LogP contribution in [-0.4, -0.2) is 54.7 Å². The van der Waals surface area contributed by atoms with Crippen LogP contribution in [0, 0.1) is 5.82 Å². The molecule has 2 aromatic carbocycles. The van der Waals surface area contributed by atoms with Crippen molar-refractivity contribution in [1.29, 1.82) is 0 Å². The number of carbonyl (C=O) groups is 2. The van der Waals surface area contributed by atoms with Gasteiger partial charge in [0.1, 0.15) is 5.82 Å². The molecular weight excluding hydrogens is 427 g/mol. The standard InChI is InChI=1S/C24H25FN4O4/c25-20-7-2-1-6-19(20)22-15-21(28-33-22)24(31)26-16-17-4-3-5-18(14-17)27-23(30)8-9-29-10-12-32-13-11-29/h1-7,14-15H,8-13,16H2,(H,26,31)(H,27,30). The summed E-state index contributed by atoms with van der Waals surface area (Å²) < 4.78 is 24.3. The fourth-order valence-corrected chi connectivity index (χ4v) is 3.51. The fourth-order valence-electron chi connectivity index (χ4n) is 3.51. The Balaban J connectivity index is 1.28. The van der Waals surface area contributed by atoms with E-state index in [0.29, 0.717) is 31.9 Å². The van der Waals surface area contributed by atoms with Crippen LogP contribution in [0.4, 0.5) is 10.1 Å². The van der Waals surface area contributed by atoms with Gasteiger partial charge < -0.3 is 19.9 Å². The van der Waals surface area contributed by atoms with Gasteiger partial charge in [0, 0.05) is 44.4 Å². The van der Waals surface area contributed by atoms with Crippen molar-refractivity contribution >= 4 is 17.5 Å². The van der Waals surface area contributed by atoms with Gasteiger partial charge in [0.25, 0.3) is 5.91 Å². The van der Waals surface area contributed by atoms with Crippen molar-refractivity contribution in [3.05, 3.63) is 71.7 Å². The number of amides is 2. The van der Waals surface area contributed by atoms with E-state index >= 15 is 0 Å². The van der Waals surface area contributed by atoms with Gasteiger partial charge in [0.05, 0.1) is 18.8 Å². The fraction of sp³-hybridized carbons (Fsp3) is 0.292. The highest BCUT2D eigenvalue weighted by atomic mass is 19.1. The molecule has 33 heavy (non-hydrogen) atoms. The molecule has 0 unspecified atom stereocenters. The summed E-state index contributed by atoms with van der Waals surface area (Å²) in [7, 11) is 0. The zero-order valence-electron chi connectivity index (χ0n) is 18.1. The lowest BCUT2D eigenvalue weighted by atomic mass is 10.1. The number of rotatable bonds is 8. The van der Waals surface area contributed by atoms with E-state index in [4.69, 9.17) is 9.26 Å². The molecule has 1 aromatic heterocycles. The van der Waals surface area contributed by atoms with Crippen molar-refractivity contribution in [2.24, 2.45) is 0 Å². The van der Waals surface area contributed by atoms with Crippen LogP contribution in [0.2, 0.25) is 0 Å². The highest BCUT2D eigenvalue weighted by molar-refractivity contribution is 5.93. The van der Waals surface area contributed by atoms with E-state index in [0.717, 1.165) is 18.7 Å². The van der Waals surface area contributed by atoms with E-state index in [2.05, 4.69) is 20.7 Å². The zero-order valence-corrected chi connectivity index (χ0v) is 18.1. The normalized spacial score (nSPS) is 14.1. The number of benzene rings is 2. The molecule has 2 N–H and O–H groups in total. The number of aromatic nitrogens is 1. The van der Waals surface area contributed by atoms with Gasteiger partial charge in [0.15, 0.2) is 11.5 Å². The topological polar surface area (TPSA) is 96.7 Å². The Morgan fingerprint density at radius 2 is 1.88 bits per heavy atom. The molecule has 0 aliphatic carbocycles. The number of ether oxygens (including phenoxy) is 1. The van der Waals surface area contributed by atoms with Crippen LogP contribution in [0.25, 0.3) is 11.3 Å². The quantitative estimate of drug-likeness (QED) is 0.545. The average Bonchev–Trinajstić information content (AvgIpc) is 3.33. The molecule has 4 rings (SSSR count). The van der Waals surface area contributed by atoms with E-state index in [1.54, 1.807) is 30.3 Å². The lowest BCUT2D eigenvalue weighted by Gasteiger charge is -2.26. The number of hydrogen-bond donors (Lipinski definition) is 2. The SMILES string of the molecule is O=C(CCN1CCOCC1)Nc1cccc(CNC(=O)c2cc(-c3ccccc3F)on2)c1. The van der Waals surface area contributed by atoms with Crippen molar-refractivity contribution in [1.82, 2.24) is 15.4 Å². The lowest BCUT2D eigenvalue weighted by molar-refractivity contribution is -0.116. The number of nitrogens with zero attached hydrogens (tertiary/aromatic N) is 2. The van der Waals surface area contributed by atoms with E-state index in [9.17, 15) is 14.0 Å². The van der Waals surface area contributed by atoms with E-state index in [1.165, 1.54) is 12.1 Å². The minimum absolute atomic E-state index is 0.0563. The minimum Gasteiger partial charge on any atom is -0.379 e. The molecule has 9 heteroatoms. The van der Waals surface area contributed by atoms with Crippen molar-refractivity contribution in [3.8, 4) is 11.3 Å². The molecule has 2 heterocycles. The molecule has 1 saturated heterocycles. The molecule has 3 aromatic rings. The molecule has 1 fully saturated rings. The number of nitrogens with one attached hydrogen (secondary N) is 2. The number of anilines is 1. The molecule has 0 bridgehead atoms. The Kier molecular flexibility index (Phi) is 7.43. The van der Waals surface area contributed by atoms with Crippen LogP contribution >= 0.6 is 0 Å². The van der Waals surface area contributed by atoms with Crippen LogP contribution in [-0.2, 0) is 16.1 Å². The molecule has 1 aliphatic rings. The minimum atomic E-state index is -0.454. The Morgan fingerprint density at radius 3 is 2.70 bits per heavy atom. The highest BCUT2D eigenvalue weighted by Gasteiger charge is 2.16. The number of hydrogen-bond acceptors (Lipinski definition) is 6. The van der Waals surface area contributed by atoms with Gasteiger partial charge in [-0.3, -0.25) is 14.5 Å². The Morgan fingerprint density at radius 1 is 1.06 bits per heavy atom. The third kappa shape index (κ3) is 6.24. The molecule has 0 spiro atoms. The Bertz CT molecular complexity index is 1110. The number of carbonyl (C=O) groups excluding carboxylic acids is 2. The summed E-state index contributed by atoms with van der Waals surface area (Å²) in [5, 5.41) is 9.39. The molecule has 1 aliphatic heterocycles. The predicted molar refractivity (Wildman–Crippen MR) is 120 cm³/mol. The van der Waals surface area contributed by atoms with Crippen LogP contribution in [0.3, 0.4) is 0 Å². The first-order valence-electron chi connectivity index (χ1n) is 10.8. The maximum Gasteiger partial charge on any atom is 0.273 e.